The van der Waals surface area contributed by atoms with E-state index in [0.717, 1.165) is 15.8 Å². The lowest BCUT2D eigenvalue weighted by molar-refractivity contribution is 1.31. The van der Waals surface area contributed by atoms with Crippen molar-refractivity contribution in [2.24, 2.45) is 0 Å². The molecule has 2 rings (SSSR count). The molecule has 0 amide bonds. The van der Waals surface area contributed by atoms with E-state index in [4.69, 9.17) is 11.0 Å². The maximum absolute atomic E-state index is 8.70. The fourth-order valence-electron chi connectivity index (χ4n) is 1.35. The van der Waals surface area contributed by atoms with Crippen LogP contribution in [0, 0.1) is 11.3 Å². The van der Waals surface area contributed by atoms with Gasteiger partial charge in [-0.25, -0.2) is 0 Å². The summed E-state index contributed by atoms with van der Waals surface area (Å²) in [6, 6.07) is 9.20. The third-order valence-electron chi connectivity index (χ3n) is 2.21. The Morgan fingerprint density at radius 2 is 1.94 bits per heavy atom. The molecular weight excluding hydrogens is 280 g/mol. The molecule has 1 heterocycles. The second kappa shape index (κ2) is 4.85. The van der Waals surface area contributed by atoms with Crippen molar-refractivity contribution in [1.82, 2.24) is 4.98 Å². The summed E-state index contributed by atoms with van der Waals surface area (Å²) in [6.07, 6.45) is 3.25. The average Bonchev–Trinajstić information content (AvgIpc) is 2.35. The molecular formula is C12H9BrN4. The van der Waals surface area contributed by atoms with Crippen LogP contribution in [0.2, 0.25) is 0 Å². The van der Waals surface area contributed by atoms with E-state index < -0.39 is 0 Å². The number of nitrogens with one attached hydrogen (secondary N) is 1. The van der Waals surface area contributed by atoms with Gasteiger partial charge >= 0.3 is 0 Å². The van der Waals surface area contributed by atoms with Gasteiger partial charge in [0.25, 0.3) is 0 Å². The molecule has 0 aliphatic heterocycles. The summed E-state index contributed by atoms with van der Waals surface area (Å²) in [5.41, 5.74) is 8.63. The second-order valence-electron chi connectivity index (χ2n) is 3.40. The van der Waals surface area contributed by atoms with Crippen LogP contribution in [0.15, 0.2) is 41.1 Å². The van der Waals surface area contributed by atoms with Crippen molar-refractivity contribution in [3.05, 3.63) is 46.7 Å². The van der Waals surface area contributed by atoms with Gasteiger partial charge in [-0.2, -0.15) is 5.26 Å². The van der Waals surface area contributed by atoms with Crippen LogP contribution in [0.1, 0.15) is 5.56 Å². The largest absolute Gasteiger partial charge is 0.396 e. The fourth-order valence-corrected chi connectivity index (χ4v) is 1.80. The molecule has 84 valence electrons. The third-order valence-corrected chi connectivity index (χ3v) is 2.81. The SMILES string of the molecule is N#Cc1ccc(Nc2c(N)cncc2Br)cc1. The van der Waals surface area contributed by atoms with Crippen molar-refractivity contribution in [2.45, 2.75) is 0 Å². The Kier molecular flexibility index (Phi) is 3.26. The standard InChI is InChI=1S/C12H9BrN4/c13-10-6-16-7-11(15)12(10)17-9-3-1-8(5-14)2-4-9/h1-4,6-7H,15H2,(H,16,17). The summed E-state index contributed by atoms with van der Waals surface area (Å²) in [4.78, 5) is 3.96. The number of pyridine rings is 1. The molecule has 0 radical (unpaired) electrons. The minimum atomic E-state index is 0.559. The summed E-state index contributed by atoms with van der Waals surface area (Å²) in [5.74, 6) is 0. The number of hydrogen-bond donors (Lipinski definition) is 2. The maximum Gasteiger partial charge on any atom is 0.0991 e. The summed E-state index contributed by atoms with van der Waals surface area (Å²) in [5, 5.41) is 11.9. The van der Waals surface area contributed by atoms with Crippen molar-refractivity contribution >= 4 is 33.0 Å². The van der Waals surface area contributed by atoms with Gasteiger partial charge in [-0.05, 0) is 40.2 Å². The fraction of sp³-hybridized carbons (Fsp3) is 0. The zero-order valence-corrected chi connectivity index (χ0v) is 10.4. The zero-order chi connectivity index (χ0) is 12.3. The molecule has 17 heavy (non-hydrogen) atoms. The van der Waals surface area contributed by atoms with Gasteiger partial charge in [-0.3, -0.25) is 4.98 Å². The molecule has 4 nitrogen and oxygen atoms in total. The molecule has 0 aliphatic rings. The summed E-state index contributed by atoms with van der Waals surface area (Å²) in [6.45, 7) is 0. The smallest absolute Gasteiger partial charge is 0.0991 e. The summed E-state index contributed by atoms with van der Waals surface area (Å²) < 4.78 is 0.793. The maximum atomic E-state index is 8.70. The Morgan fingerprint density at radius 1 is 1.24 bits per heavy atom. The van der Waals surface area contributed by atoms with Crippen molar-refractivity contribution in [2.75, 3.05) is 11.1 Å². The number of nitrogens with two attached hydrogens (primary N) is 1. The number of nitriles is 1. The van der Waals surface area contributed by atoms with Crippen LogP contribution in [0.25, 0.3) is 0 Å². The molecule has 0 saturated carbocycles. The molecule has 5 heteroatoms. The van der Waals surface area contributed by atoms with Crippen LogP contribution in [-0.4, -0.2) is 4.98 Å². The highest BCUT2D eigenvalue weighted by molar-refractivity contribution is 9.10. The molecule has 1 aromatic carbocycles. The first-order valence-corrected chi connectivity index (χ1v) is 5.66. The highest BCUT2D eigenvalue weighted by Crippen LogP contribution is 2.30. The highest BCUT2D eigenvalue weighted by atomic mass is 79.9. The van der Waals surface area contributed by atoms with Crippen LogP contribution in [-0.2, 0) is 0 Å². The molecule has 0 spiro atoms. The number of nitrogen functional groups attached to an aromatic ring is 1. The van der Waals surface area contributed by atoms with E-state index in [1.165, 1.54) is 0 Å². The summed E-state index contributed by atoms with van der Waals surface area (Å²) >= 11 is 3.38. The van der Waals surface area contributed by atoms with Crippen molar-refractivity contribution in [3.63, 3.8) is 0 Å². The molecule has 0 bridgehead atoms. The lowest BCUT2D eigenvalue weighted by Crippen LogP contribution is -1.98. The van der Waals surface area contributed by atoms with E-state index in [0.29, 0.717) is 11.3 Å². The van der Waals surface area contributed by atoms with E-state index >= 15 is 0 Å². The number of nitrogens with zero attached hydrogens (tertiary/aromatic N) is 2. The van der Waals surface area contributed by atoms with Gasteiger partial charge in [0.2, 0.25) is 0 Å². The van der Waals surface area contributed by atoms with E-state index in [1.807, 2.05) is 12.1 Å². The molecule has 0 aliphatic carbocycles. The molecule has 0 atom stereocenters. The predicted octanol–water partition coefficient (Wildman–Crippen LogP) is 3.04. The number of aromatic nitrogens is 1. The molecule has 0 saturated heterocycles. The van der Waals surface area contributed by atoms with Crippen molar-refractivity contribution < 1.29 is 0 Å². The van der Waals surface area contributed by atoms with Crippen LogP contribution in [0.5, 0.6) is 0 Å². The average molecular weight is 289 g/mol. The lowest BCUT2D eigenvalue weighted by Gasteiger charge is -2.10. The van der Waals surface area contributed by atoms with Crippen LogP contribution >= 0.6 is 15.9 Å². The topological polar surface area (TPSA) is 74.7 Å². The van der Waals surface area contributed by atoms with Gasteiger partial charge < -0.3 is 11.1 Å². The highest BCUT2D eigenvalue weighted by Gasteiger charge is 2.04. The van der Waals surface area contributed by atoms with E-state index in [2.05, 4.69) is 32.3 Å². The Hall–Kier alpha value is -2.06. The normalized spacial score (nSPS) is 9.65. The van der Waals surface area contributed by atoms with E-state index in [1.54, 1.807) is 24.5 Å². The first kappa shape index (κ1) is 11.4. The Bertz CT molecular complexity index is 552. The molecule has 1 aromatic heterocycles. The van der Waals surface area contributed by atoms with Crippen LogP contribution in [0.3, 0.4) is 0 Å². The first-order valence-electron chi connectivity index (χ1n) is 4.87. The van der Waals surface area contributed by atoms with Gasteiger partial charge in [0.05, 0.1) is 33.7 Å². The van der Waals surface area contributed by atoms with Gasteiger partial charge in [0.15, 0.2) is 0 Å². The number of benzene rings is 1. The lowest BCUT2D eigenvalue weighted by atomic mass is 10.2. The molecule has 2 aromatic rings. The number of rotatable bonds is 2. The molecule has 3 N–H and O–H groups in total. The van der Waals surface area contributed by atoms with Crippen LogP contribution in [0.4, 0.5) is 17.1 Å². The molecule has 0 unspecified atom stereocenters. The van der Waals surface area contributed by atoms with Gasteiger partial charge in [-0.1, -0.05) is 0 Å². The van der Waals surface area contributed by atoms with Gasteiger partial charge in [0, 0.05) is 11.9 Å². The van der Waals surface area contributed by atoms with E-state index in [9.17, 15) is 0 Å². The first-order chi connectivity index (χ1) is 8.20. The summed E-state index contributed by atoms with van der Waals surface area (Å²) in [7, 11) is 0. The zero-order valence-electron chi connectivity index (χ0n) is 8.81. The Balaban J connectivity index is 2.29. The third kappa shape index (κ3) is 2.55. The van der Waals surface area contributed by atoms with E-state index in [-0.39, 0.29) is 0 Å². The minimum absolute atomic E-state index is 0.559. The van der Waals surface area contributed by atoms with Crippen molar-refractivity contribution in [1.29, 1.82) is 5.26 Å². The number of halogens is 1. The van der Waals surface area contributed by atoms with Crippen LogP contribution < -0.4 is 11.1 Å². The second-order valence-corrected chi connectivity index (χ2v) is 4.25. The predicted molar refractivity (Wildman–Crippen MR) is 70.8 cm³/mol. The van der Waals surface area contributed by atoms with Gasteiger partial charge in [0.1, 0.15) is 0 Å². The monoisotopic (exact) mass is 288 g/mol. The quantitative estimate of drug-likeness (QED) is 0.891. The number of hydrogen-bond acceptors (Lipinski definition) is 4. The number of anilines is 3. The van der Waals surface area contributed by atoms with Crippen molar-refractivity contribution in [3.8, 4) is 6.07 Å². The Labute approximate surface area is 107 Å². The van der Waals surface area contributed by atoms with Gasteiger partial charge in [-0.15, -0.1) is 0 Å². The minimum Gasteiger partial charge on any atom is -0.396 e. The molecule has 0 fully saturated rings. The Morgan fingerprint density at radius 3 is 2.53 bits per heavy atom.